The summed E-state index contributed by atoms with van der Waals surface area (Å²) in [6.07, 6.45) is 0.746. The highest BCUT2D eigenvalue weighted by Crippen LogP contribution is 2.21. The lowest BCUT2D eigenvalue weighted by atomic mass is 10.0. The number of nitrogens with one attached hydrogen (secondary N) is 1. The molecule has 0 aliphatic carbocycles. The SMILES string of the molecule is NNC(=O)C(CSCCCO)c1ccccc1. The zero-order valence-electron chi connectivity index (χ0n) is 9.63. The highest BCUT2D eigenvalue weighted by Gasteiger charge is 2.19. The minimum Gasteiger partial charge on any atom is -0.396 e. The van der Waals surface area contributed by atoms with E-state index in [0.717, 1.165) is 17.7 Å². The van der Waals surface area contributed by atoms with Crippen LogP contribution in [-0.2, 0) is 4.79 Å². The van der Waals surface area contributed by atoms with Gasteiger partial charge in [0.1, 0.15) is 0 Å². The summed E-state index contributed by atoms with van der Waals surface area (Å²) in [5.74, 6) is 6.31. The molecule has 0 spiro atoms. The van der Waals surface area contributed by atoms with Crippen molar-refractivity contribution in [1.29, 1.82) is 0 Å². The fraction of sp³-hybridized carbons (Fsp3) is 0.417. The summed E-state index contributed by atoms with van der Waals surface area (Å²) in [5, 5.41) is 8.69. The van der Waals surface area contributed by atoms with E-state index in [0.29, 0.717) is 5.75 Å². The van der Waals surface area contributed by atoms with E-state index in [2.05, 4.69) is 5.43 Å². The van der Waals surface area contributed by atoms with Crippen molar-refractivity contribution in [2.24, 2.45) is 5.84 Å². The zero-order chi connectivity index (χ0) is 12.5. The standard InChI is InChI=1S/C12H18N2O2S/c13-14-12(16)11(9-17-8-4-7-15)10-5-2-1-3-6-10/h1-3,5-6,11,15H,4,7-9,13H2,(H,14,16). The van der Waals surface area contributed by atoms with Gasteiger partial charge in [0.25, 0.3) is 0 Å². The summed E-state index contributed by atoms with van der Waals surface area (Å²) in [5.41, 5.74) is 3.17. The van der Waals surface area contributed by atoms with Crippen molar-refractivity contribution in [3.8, 4) is 0 Å². The molecule has 0 bridgehead atoms. The average molecular weight is 254 g/mol. The molecule has 0 heterocycles. The van der Waals surface area contributed by atoms with Gasteiger partial charge in [-0.3, -0.25) is 10.2 Å². The van der Waals surface area contributed by atoms with Gasteiger partial charge in [0.05, 0.1) is 5.92 Å². The number of rotatable bonds is 7. The Labute approximate surface area is 106 Å². The molecule has 1 amide bonds. The number of hydrazine groups is 1. The molecule has 1 unspecified atom stereocenters. The van der Waals surface area contributed by atoms with Crippen LogP contribution in [0.1, 0.15) is 17.9 Å². The van der Waals surface area contributed by atoms with Crippen molar-refractivity contribution < 1.29 is 9.90 Å². The van der Waals surface area contributed by atoms with Crippen LogP contribution in [0, 0.1) is 0 Å². The quantitative estimate of drug-likeness (QED) is 0.292. The monoisotopic (exact) mass is 254 g/mol. The minimum atomic E-state index is -0.232. The van der Waals surface area contributed by atoms with Gasteiger partial charge >= 0.3 is 0 Å². The number of aliphatic hydroxyl groups is 1. The molecule has 1 rings (SSSR count). The van der Waals surface area contributed by atoms with Crippen LogP contribution in [-0.4, -0.2) is 29.1 Å². The van der Waals surface area contributed by atoms with Gasteiger partial charge in [0.2, 0.25) is 5.91 Å². The van der Waals surface area contributed by atoms with Crippen molar-refractivity contribution >= 4 is 17.7 Å². The Morgan fingerprint density at radius 3 is 2.71 bits per heavy atom. The molecule has 0 aromatic heterocycles. The van der Waals surface area contributed by atoms with Crippen molar-refractivity contribution in [3.63, 3.8) is 0 Å². The third kappa shape index (κ3) is 4.77. The number of aliphatic hydroxyl groups excluding tert-OH is 1. The number of hydrogen-bond donors (Lipinski definition) is 3. The summed E-state index contributed by atoms with van der Waals surface area (Å²) < 4.78 is 0. The van der Waals surface area contributed by atoms with Gasteiger partial charge in [-0.25, -0.2) is 5.84 Å². The zero-order valence-corrected chi connectivity index (χ0v) is 10.5. The molecular weight excluding hydrogens is 236 g/mol. The van der Waals surface area contributed by atoms with Crippen LogP contribution in [0.15, 0.2) is 30.3 Å². The molecular formula is C12H18N2O2S. The van der Waals surface area contributed by atoms with Crippen LogP contribution in [0.3, 0.4) is 0 Å². The highest BCUT2D eigenvalue weighted by atomic mass is 32.2. The van der Waals surface area contributed by atoms with Crippen molar-refractivity contribution in [3.05, 3.63) is 35.9 Å². The minimum absolute atomic E-state index is 0.173. The lowest BCUT2D eigenvalue weighted by Crippen LogP contribution is -2.35. The Morgan fingerprint density at radius 2 is 2.12 bits per heavy atom. The molecule has 4 N–H and O–H groups in total. The number of amides is 1. The summed E-state index contributed by atoms with van der Waals surface area (Å²) in [4.78, 5) is 11.7. The molecule has 94 valence electrons. The maximum Gasteiger partial charge on any atom is 0.242 e. The first kappa shape index (κ1) is 14.0. The Morgan fingerprint density at radius 1 is 1.41 bits per heavy atom. The molecule has 0 fully saturated rings. The summed E-state index contributed by atoms with van der Waals surface area (Å²) in [7, 11) is 0. The van der Waals surface area contributed by atoms with E-state index in [4.69, 9.17) is 10.9 Å². The molecule has 0 radical (unpaired) electrons. The highest BCUT2D eigenvalue weighted by molar-refractivity contribution is 7.99. The fourth-order valence-electron chi connectivity index (χ4n) is 1.48. The summed E-state index contributed by atoms with van der Waals surface area (Å²) in [6.45, 7) is 0.187. The van der Waals surface area contributed by atoms with Crippen molar-refractivity contribution in [1.82, 2.24) is 5.43 Å². The lowest BCUT2D eigenvalue weighted by molar-refractivity contribution is -0.122. The molecule has 1 aromatic carbocycles. The van der Waals surface area contributed by atoms with E-state index in [1.807, 2.05) is 30.3 Å². The third-order valence-corrected chi connectivity index (χ3v) is 3.54. The Hall–Kier alpha value is -1.04. The molecule has 1 aromatic rings. The maximum absolute atomic E-state index is 11.7. The molecule has 4 nitrogen and oxygen atoms in total. The van der Waals surface area contributed by atoms with Crippen LogP contribution in [0.25, 0.3) is 0 Å². The second-order valence-corrected chi connectivity index (χ2v) is 4.77. The predicted molar refractivity (Wildman–Crippen MR) is 70.5 cm³/mol. The largest absolute Gasteiger partial charge is 0.396 e. The maximum atomic E-state index is 11.7. The number of nitrogens with two attached hydrogens (primary N) is 1. The fourth-order valence-corrected chi connectivity index (χ4v) is 2.56. The number of hydrogen-bond acceptors (Lipinski definition) is 4. The molecule has 0 aliphatic rings. The second-order valence-electron chi connectivity index (χ2n) is 3.62. The Kier molecular flexibility index (Phi) is 6.69. The normalized spacial score (nSPS) is 12.1. The summed E-state index contributed by atoms with van der Waals surface area (Å²) >= 11 is 1.65. The number of thioether (sulfide) groups is 1. The topological polar surface area (TPSA) is 75.3 Å². The van der Waals surface area contributed by atoms with Gasteiger partial charge in [-0.1, -0.05) is 30.3 Å². The van der Waals surface area contributed by atoms with Gasteiger partial charge in [-0.2, -0.15) is 11.8 Å². The number of benzene rings is 1. The Balaban J connectivity index is 2.59. The molecule has 17 heavy (non-hydrogen) atoms. The van der Waals surface area contributed by atoms with E-state index >= 15 is 0 Å². The van der Waals surface area contributed by atoms with E-state index in [1.165, 1.54) is 0 Å². The molecule has 1 atom stereocenters. The number of carbonyl (C=O) groups excluding carboxylic acids is 1. The number of carbonyl (C=O) groups is 1. The van der Waals surface area contributed by atoms with E-state index < -0.39 is 0 Å². The van der Waals surface area contributed by atoms with Gasteiger partial charge in [-0.05, 0) is 17.7 Å². The first-order valence-corrected chi connectivity index (χ1v) is 6.69. The van der Waals surface area contributed by atoms with Crippen LogP contribution in [0.5, 0.6) is 0 Å². The molecule has 5 heteroatoms. The van der Waals surface area contributed by atoms with Crippen molar-refractivity contribution in [2.45, 2.75) is 12.3 Å². The Bertz CT molecular complexity index is 333. The smallest absolute Gasteiger partial charge is 0.242 e. The van der Waals surface area contributed by atoms with Gasteiger partial charge in [0, 0.05) is 12.4 Å². The first-order valence-electron chi connectivity index (χ1n) is 5.53. The molecule has 0 saturated carbocycles. The van der Waals surface area contributed by atoms with Crippen molar-refractivity contribution in [2.75, 3.05) is 18.1 Å². The average Bonchev–Trinajstić information content (AvgIpc) is 2.39. The van der Waals surface area contributed by atoms with Crippen LogP contribution >= 0.6 is 11.8 Å². The van der Waals surface area contributed by atoms with E-state index in [1.54, 1.807) is 11.8 Å². The lowest BCUT2D eigenvalue weighted by Gasteiger charge is -2.15. The van der Waals surface area contributed by atoms with E-state index in [9.17, 15) is 4.79 Å². The first-order chi connectivity index (χ1) is 8.29. The second kappa shape index (κ2) is 8.11. The van der Waals surface area contributed by atoms with E-state index in [-0.39, 0.29) is 18.4 Å². The van der Waals surface area contributed by atoms with Crippen LogP contribution in [0.4, 0.5) is 0 Å². The van der Waals surface area contributed by atoms with Crippen LogP contribution < -0.4 is 11.3 Å². The summed E-state index contributed by atoms with van der Waals surface area (Å²) in [6, 6.07) is 9.58. The molecule has 0 aliphatic heterocycles. The predicted octanol–water partition coefficient (Wildman–Crippen LogP) is 0.876. The van der Waals surface area contributed by atoms with Gasteiger partial charge in [-0.15, -0.1) is 0 Å². The van der Waals surface area contributed by atoms with Crippen LogP contribution in [0.2, 0.25) is 0 Å². The van der Waals surface area contributed by atoms with Gasteiger partial charge in [0.15, 0.2) is 0 Å². The third-order valence-electron chi connectivity index (χ3n) is 2.39. The molecule has 0 saturated heterocycles. The van der Waals surface area contributed by atoms with Gasteiger partial charge < -0.3 is 5.11 Å².